The van der Waals surface area contributed by atoms with E-state index in [9.17, 15) is 18.3 Å². The number of carbonyl (C=O) groups is 1. The minimum Gasteiger partial charge on any atom is -0.490 e. The van der Waals surface area contributed by atoms with E-state index in [0.29, 0.717) is 44.1 Å². The second-order valence-electron chi connectivity index (χ2n) is 9.94. The third-order valence-electron chi connectivity index (χ3n) is 6.63. The highest BCUT2D eigenvalue weighted by atomic mass is 32.2. The molecule has 0 bridgehead atoms. The zero-order valence-corrected chi connectivity index (χ0v) is 23.8. The average molecular weight is 562 g/mol. The molecular weight excluding hydrogens is 518 g/mol. The molecule has 1 heterocycles. The molecule has 0 radical (unpaired) electrons. The van der Waals surface area contributed by atoms with Crippen molar-refractivity contribution in [2.75, 3.05) is 69.5 Å². The van der Waals surface area contributed by atoms with Crippen molar-refractivity contribution < 1.29 is 27.8 Å². The lowest BCUT2D eigenvalue weighted by Gasteiger charge is -2.36. The van der Waals surface area contributed by atoms with Crippen LogP contribution in [-0.2, 0) is 14.6 Å². The van der Waals surface area contributed by atoms with Gasteiger partial charge in [-0.25, -0.2) is 8.42 Å². The fourth-order valence-corrected chi connectivity index (χ4v) is 5.49. The van der Waals surface area contributed by atoms with E-state index in [1.54, 1.807) is 0 Å². The Kier molecular flexibility index (Phi) is 12.9. The number of carbonyl (C=O) groups excluding carboxylic acids is 1. The van der Waals surface area contributed by atoms with Crippen molar-refractivity contribution in [3.8, 4) is 11.5 Å². The van der Waals surface area contributed by atoms with Crippen LogP contribution in [-0.4, -0.2) is 94.9 Å². The summed E-state index contributed by atoms with van der Waals surface area (Å²) >= 11 is 0. The van der Waals surface area contributed by atoms with Gasteiger partial charge < -0.3 is 29.7 Å². The van der Waals surface area contributed by atoms with E-state index in [-0.39, 0.29) is 18.3 Å². The van der Waals surface area contributed by atoms with E-state index in [2.05, 4.69) is 22.3 Å². The zero-order chi connectivity index (χ0) is 27.9. The van der Waals surface area contributed by atoms with Crippen LogP contribution in [0.3, 0.4) is 0 Å². The molecule has 216 valence electrons. The number of unbranched alkanes of at least 4 members (excludes halogenated alkanes) is 2. The predicted octanol–water partition coefficient (Wildman–Crippen LogP) is 2.74. The molecule has 39 heavy (non-hydrogen) atoms. The minimum absolute atomic E-state index is 0.0963. The summed E-state index contributed by atoms with van der Waals surface area (Å²) in [5.74, 6) is 1.49. The zero-order valence-electron chi connectivity index (χ0n) is 23.0. The first-order chi connectivity index (χ1) is 18.9. The van der Waals surface area contributed by atoms with Crippen LogP contribution >= 0.6 is 0 Å². The molecular formula is C29H43N3O6S. The number of nitrogens with one attached hydrogen (secondary N) is 1. The molecule has 1 saturated heterocycles. The molecule has 1 aliphatic rings. The number of sulfone groups is 1. The van der Waals surface area contributed by atoms with Gasteiger partial charge >= 0.3 is 0 Å². The normalized spacial score (nSPS) is 14.7. The summed E-state index contributed by atoms with van der Waals surface area (Å²) in [6, 6.07) is 17.4. The fraction of sp³-hybridized carbons (Fsp3) is 0.552. The van der Waals surface area contributed by atoms with Crippen LogP contribution in [0.15, 0.2) is 54.6 Å². The summed E-state index contributed by atoms with van der Waals surface area (Å²) in [7, 11) is -3.15. The third kappa shape index (κ3) is 11.4. The number of anilines is 1. The van der Waals surface area contributed by atoms with Crippen LogP contribution in [0.1, 0.15) is 32.1 Å². The second kappa shape index (κ2) is 16.3. The standard InChI is InChI=1S/C29H43N3O6S/c1-39(35,36)24-25(23-33)30-16-10-22-38-28-14-8-7-13-27(28)37-21-9-3-6-15-29(34)32-19-17-31(18-20-32)26-11-4-2-5-12-26/h2,4-5,7-8,11-14,25,30,33H,3,6,9-10,15-24H2,1H3. The van der Waals surface area contributed by atoms with Gasteiger partial charge in [0.2, 0.25) is 5.91 Å². The molecule has 0 aromatic heterocycles. The van der Waals surface area contributed by atoms with E-state index in [1.165, 1.54) is 5.69 Å². The minimum atomic E-state index is -3.15. The number of hydrogen-bond acceptors (Lipinski definition) is 8. The van der Waals surface area contributed by atoms with E-state index < -0.39 is 15.9 Å². The van der Waals surface area contributed by atoms with E-state index >= 15 is 0 Å². The van der Waals surface area contributed by atoms with Crippen molar-refractivity contribution in [3.05, 3.63) is 54.6 Å². The Morgan fingerprint density at radius 1 is 0.897 bits per heavy atom. The predicted molar refractivity (Wildman–Crippen MR) is 154 cm³/mol. The van der Waals surface area contributed by atoms with Crippen LogP contribution in [0.25, 0.3) is 0 Å². The summed E-state index contributed by atoms with van der Waals surface area (Å²) in [5, 5.41) is 12.4. The number of ether oxygens (including phenoxy) is 2. The SMILES string of the molecule is CS(=O)(=O)CC(CO)NCCCOc1ccccc1OCCCCCC(=O)N1CCN(c2ccccc2)CC1. The summed E-state index contributed by atoms with van der Waals surface area (Å²) in [6.45, 7) is 4.57. The van der Waals surface area contributed by atoms with Gasteiger partial charge in [0.25, 0.3) is 0 Å². The molecule has 1 unspecified atom stereocenters. The summed E-state index contributed by atoms with van der Waals surface area (Å²) in [5.41, 5.74) is 1.21. The van der Waals surface area contributed by atoms with E-state index in [4.69, 9.17) is 9.47 Å². The smallest absolute Gasteiger partial charge is 0.222 e. The molecule has 2 aromatic rings. The summed E-state index contributed by atoms with van der Waals surface area (Å²) < 4.78 is 34.6. The number of piperazine rings is 1. The highest BCUT2D eigenvalue weighted by Gasteiger charge is 2.20. The number of hydrogen-bond donors (Lipinski definition) is 2. The highest BCUT2D eigenvalue weighted by Crippen LogP contribution is 2.27. The van der Waals surface area contributed by atoms with Gasteiger partial charge in [0, 0.05) is 50.6 Å². The molecule has 1 fully saturated rings. The number of nitrogens with zero attached hydrogens (tertiary/aromatic N) is 2. The van der Waals surface area contributed by atoms with Crippen molar-refractivity contribution in [1.29, 1.82) is 0 Å². The molecule has 2 N–H and O–H groups in total. The maximum atomic E-state index is 12.6. The van der Waals surface area contributed by atoms with Crippen molar-refractivity contribution in [1.82, 2.24) is 10.2 Å². The molecule has 0 spiro atoms. The lowest BCUT2D eigenvalue weighted by atomic mass is 10.1. The first kappa shape index (κ1) is 30.7. The molecule has 9 nitrogen and oxygen atoms in total. The Labute approximate surface area is 233 Å². The quantitative estimate of drug-likeness (QED) is 0.284. The molecule has 1 aliphatic heterocycles. The lowest BCUT2D eigenvalue weighted by molar-refractivity contribution is -0.131. The number of aliphatic hydroxyl groups is 1. The molecule has 1 amide bonds. The Hall–Kier alpha value is -2.82. The topological polar surface area (TPSA) is 108 Å². The Morgan fingerprint density at radius 3 is 2.13 bits per heavy atom. The van der Waals surface area contributed by atoms with Gasteiger partial charge in [-0.05, 0) is 56.5 Å². The van der Waals surface area contributed by atoms with Gasteiger partial charge in [-0.2, -0.15) is 0 Å². The monoisotopic (exact) mass is 561 g/mol. The van der Waals surface area contributed by atoms with Crippen molar-refractivity contribution in [3.63, 3.8) is 0 Å². The van der Waals surface area contributed by atoms with Crippen LogP contribution < -0.4 is 19.7 Å². The van der Waals surface area contributed by atoms with Crippen molar-refractivity contribution in [2.24, 2.45) is 0 Å². The number of amides is 1. The number of benzene rings is 2. The van der Waals surface area contributed by atoms with Crippen molar-refractivity contribution in [2.45, 2.75) is 38.1 Å². The molecule has 0 saturated carbocycles. The van der Waals surface area contributed by atoms with Crippen LogP contribution in [0.2, 0.25) is 0 Å². The molecule has 10 heteroatoms. The van der Waals surface area contributed by atoms with Crippen LogP contribution in [0, 0.1) is 0 Å². The largest absolute Gasteiger partial charge is 0.490 e. The maximum absolute atomic E-state index is 12.6. The van der Waals surface area contributed by atoms with E-state index in [0.717, 1.165) is 51.7 Å². The maximum Gasteiger partial charge on any atom is 0.222 e. The van der Waals surface area contributed by atoms with Gasteiger partial charge in [-0.3, -0.25) is 4.79 Å². The van der Waals surface area contributed by atoms with Gasteiger partial charge in [0.1, 0.15) is 9.84 Å². The fourth-order valence-electron chi connectivity index (χ4n) is 4.54. The van der Waals surface area contributed by atoms with Crippen LogP contribution in [0.4, 0.5) is 5.69 Å². The van der Waals surface area contributed by atoms with Gasteiger partial charge in [0.15, 0.2) is 11.5 Å². The second-order valence-corrected chi connectivity index (χ2v) is 12.1. The average Bonchev–Trinajstić information content (AvgIpc) is 2.94. The number of aliphatic hydroxyl groups excluding tert-OH is 1. The third-order valence-corrected chi connectivity index (χ3v) is 7.64. The molecule has 2 aromatic carbocycles. The van der Waals surface area contributed by atoms with E-state index in [1.807, 2.05) is 47.4 Å². The Bertz CT molecular complexity index is 1090. The molecule has 1 atom stereocenters. The first-order valence-corrected chi connectivity index (χ1v) is 15.9. The van der Waals surface area contributed by atoms with Crippen LogP contribution in [0.5, 0.6) is 11.5 Å². The first-order valence-electron chi connectivity index (χ1n) is 13.8. The Morgan fingerprint density at radius 2 is 1.51 bits per heavy atom. The summed E-state index contributed by atoms with van der Waals surface area (Å²) in [6.07, 6.45) is 5.01. The van der Waals surface area contributed by atoms with Gasteiger partial charge in [-0.1, -0.05) is 30.3 Å². The number of rotatable bonds is 17. The van der Waals surface area contributed by atoms with Gasteiger partial charge in [-0.15, -0.1) is 0 Å². The molecule has 0 aliphatic carbocycles. The van der Waals surface area contributed by atoms with Gasteiger partial charge in [0.05, 0.1) is 25.6 Å². The number of para-hydroxylation sites is 3. The lowest BCUT2D eigenvalue weighted by Crippen LogP contribution is -2.48. The summed E-state index contributed by atoms with van der Waals surface area (Å²) in [4.78, 5) is 16.9. The molecule has 3 rings (SSSR count). The Balaban J connectivity index is 1.26. The van der Waals surface area contributed by atoms with Crippen molar-refractivity contribution >= 4 is 21.4 Å². The highest BCUT2D eigenvalue weighted by molar-refractivity contribution is 7.90.